The molecular formula is C14H26O2. The second-order valence-electron chi connectivity index (χ2n) is 6.48. The minimum atomic E-state index is -0.585. The molecule has 2 heteroatoms. The van der Waals surface area contributed by atoms with Gasteiger partial charge in [0.2, 0.25) is 0 Å². The van der Waals surface area contributed by atoms with Crippen LogP contribution < -0.4 is 0 Å². The van der Waals surface area contributed by atoms with E-state index in [1.54, 1.807) is 0 Å². The summed E-state index contributed by atoms with van der Waals surface area (Å²) >= 11 is 0. The van der Waals surface area contributed by atoms with E-state index in [1.807, 2.05) is 0 Å². The lowest BCUT2D eigenvalue weighted by Crippen LogP contribution is -2.44. The van der Waals surface area contributed by atoms with Crippen LogP contribution in [0.5, 0.6) is 0 Å². The largest absolute Gasteiger partial charge is 0.481 e. The summed E-state index contributed by atoms with van der Waals surface area (Å²) < 4.78 is 0. The molecule has 0 aromatic rings. The maximum absolute atomic E-state index is 11.5. The summed E-state index contributed by atoms with van der Waals surface area (Å²) in [5.74, 6) is 0.484. The van der Waals surface area contributed by atoms with Gasteiger partial charge in [0.15, 0.2) is 0 Å². The summed E-state index contributed by atoms with van der Waals surface area (Å²) in [6.45, 7) is 10.9. The SMILES string of the molecule is CCC1CCC(C)C(C(C)(C)C)C1C(=O)O. The third kappa shape index (κ3) is 2.58. The number of carbonyl (C=O) groups is 1. The zero-order chi connectivity index (χ0) is 12.5. The van der Waals surface area contributed by atoms with Gasteiger partial charge in [-0.05, 0) is 29.6 Å². The van der Waals surface area contributed by atoms with Crippen molar-refractivity contribution in [2.45, 2.75) is 53.9 Å². The van der Waals surface area contributed by atoms with Gasteiger partial charge in [0, 0.05) is 0 Å². The van der Waals surface area contributed by atoms with Crippen LogP contribution >= 0.6 is 0 Å². The highest BCUT2D eigenvalue weighted by Gasteiger charge is 2.46. The smallest absolute Gasteiger partial charge is 0.307 e. The number of rotatable bonds is 2. The van der Waals surface area contributed by atoms with Gasteiger partial charge >= 0.3 is 5.97 Å². The summed E-state index contributed by atoms with van der Waals surface area (Å²) in [6, 6.07) is 0. The first-order chi connectivity index (χ1) is 7.29. The molecule has 16 heavy (non-hydrogen) atoms. The predicted molar refractivity (Wildman–Crippen MR) is 66.2 cm³/mol. The van der Waals surface area contributed by atoms with Crippen molar-refractivity contribution in [3.05, 3.63) is 0 Å². The lowest BCUT2D eigenvalue weighted by molar-refractivity contribution is -0.152. The van der Waals surface area contributed by atoms with Crippen LogP contribution in [0.4, 0.5) is 0 Å². The van der Waals surface area contributed by atoms with E-state index in [0.717, 1.165) is 12.8 Å². The summed E-state index contributed by atoms with van der Waals surface area (Å²) in [4.78, 5) is 11.5. The van der Waals surface area contributed by atoms with Crippen molar-refractivity contribution in [1.82, 2.24) is 0 Å². The monoisotopic (exact) mass is 226 g/mol. The van der Waals surface area contributed by atoms with E-state index in [4.69, 9.17) is 0 Å². The fourth-order valence-corrected chi connectivity index (χ4v) is 3.69. The highest BCUT2D eigenvalue weighted by atomic mass is 16.4. The van der Waals surface area contributed by atoms with Gasteiger partial charge in [-0.3, -0.25) is 4.79 Å². The molecule has 94 valence electrons. The molecule has 0 radical (unpaired) electrons. The van der Waals surface area contributed by atoms with Gasteiger partial charge in [0.25, 0.3) is 0 Å². The van der Waals surface area contributed by atoms with Crippen LogP contribution in [0, 0.1) is 29.1 Å². The normalized spacial score (nSPS) is 36.1. The Hall–Kier alpha value is -0.530. The Kier molecular flexibility index (Phi) is 4.03. The van der Waals surface area contributed by atoms with Crippen molar-refractivity contribution in [2.24, 2.45) is 29.1 Å². The van der Waals surface area contributed by atoms with E-state index < -0.39 is 5.97 Å². The average Bonchev–Trinajstić information content (AvgIpc) is 2.15. The molecule has 1 N–H and O–H groups in total. The fraction of sp³-hybridized carbons (Fsp3) is 0.929. The maximum Gasteiger partial charge on any atom is 0.307 e. The molecule has 0 heterocycles. The van der Waals surface area contributed by atoms with E-state index in [0.29, 0.717) is 17.8 Å². The van der Waals surface area contributed by atoms with Crippen molar-refractivity contribution in [3.63, 3.8) is 0 Å². The van der Waals surface area contributed by atoms with E-state index in [1.165, 1.54) is 6.42 Å². The van der Waals surface area contributed by atoms with Gasteiger partial charge in [-0.15, -0.1) is 0 Å². The van der Waals surface area contributed by atoms with Crippen LogP contribution in [-0.2, 0) is 4.79 Å². The molecule has 0 spiro atoms. The van der Waals surface area contributed by atoms with Gasteiger partial charge in [0.05, 0.1) is 5.92 Å². The van der Waals surface area contributed by atoms with Crippen molar-refractivity contribution in [3.8, 4) is 0 Å². The maximum atomic E-state index is 11.5. The van der Waals surface area contributed by atoms with E-state index >= 15 is 0 Å². The fourth-order valence-electron chi connectivity index (χ4n) is 3.69. The number of carboxylic acid groups (broad SMARTS) is 1. The first-order valence-electron chi connectivity index (χ1n) is 6.51. The molecule has 1 fully saturated rings. The molecule has 2 nitrogen and oxygen atoms in total. The Morgan fingerprint density at radius 1 is 1.31 bits per heavy atom. The molecule has 1 aliphatic rings. The minimum absolute atomic E-state index is 0.0936. The number of hydrogen-bond donors (Lipinski definition) is 1. The van der Waals surface area contributed by atoms with Gasteiger partial charge < -0.3 is 5.11 Å². The summed E-state index contributed by atoms with van der Waals surface area (Å²) in [6.07, 6.45) is 3.27. The second kappa shape index (κ2) is 4.77. The third-order valence-corrected chi connectivity index (χ3v) is 4.31. The summed E-state index contributed by atoms with van der Waals surface area (Å²) in [7, 11) is 0. The predicted octanol–water partition coefficient (Wildman–Crippen LogP) is 3.81. The zero-order valence-corrected chi connectivity index (χ0v) is 11.3. The van der Waals surface area contributed by atoms with Crippen LogP contribution in [0.2, 0.25) is 0 Å². The lowest BCUT2D eigenvalue weighted by Gasteiger charge is -2.46. The summed E-state index contributed by atoms with van der Waals surface area (Å²) in [5, 5.41) is 9.49. The summed E-state index contributed by atoms with van der Waals surface area (Å²) in [5.41, 5.74) is 0.0936. The number of carboxylic acids is 1. The molecule has 1 aliphatic carbocycles. The Labute approximate surface area is 99.4 Å². The molecule has 0 saturated heterocycles. The minimum Gasteiger partial charge on any atom is -0.481 e. The Morgan fingerprint density at radius 3 is 2.25 bits per heavy atom. The highest BCUT2D eigenvalue weighted by molar-refractivity contribution is 5.71. The topological polar surface area (TPSA) is 37.3 Å². The third-order valence-electron chi connectivity index (χ3n) is 4.31. The van der Waals surface area contributed by atoms with Crippen LogP contribution in [0.3, 0.4) is 0 Å². The molecule has 4 unspecified atom stereocenters. The molecule has 0 amide bonds. The van der Waals surface area contributed by atoms with E-state index in [2.05, 4.69) is 34.6 Å². The Balaban J connectivity index is 3.01. The molecule has 1 rings (SSSR count). The van der Waals surface area contributed by atoms with Crippen molar-refractivity contribution in [1.29, 1.82) is 0 Å². The quantitative estimate of drug-likeness (QED) is 0.777. The van der Waals surface area contributed by atoms with Crippen LogP contribution in [0.1, 0.15) is 53.9 Å². The van der Waals surface area contributed by atoms with E-state index in [9.17, 15) is 9.90 Å². The van der Waals surface area contributed by atoms with Crippen molar-refractivity contribution < 1.29 is 9.90 Å². The molecular weight excluding hydrogens is 200 g/mol. The molecule has 1 saturated carbocycles. The van der Waals surface area contributed by atoms with Gasteiger partial charge in [0.1, 0.15) is 0 Å². The molecule has 0 bridgehead atoms. The van der Waals surface area contributed by atoms with Gasteiger partial charge in [-0.1, -0.05) is 47.5 Å². The number of aliphatic carboxylic acids is 1. The highest BCUT2D eigenvalue weighted by Crippen LogP contribution is 2.48. The van der Waals surface area contributed by atoms with Gasteiger partial charge in [-0.2, -0.15) is 0 Å². The van der Waals surface area contributed by atoms with Crippen molar-refractivity contribution >= 4 is 5.97 Å². The second-order valence-corrected chi connectivity index (χ2v) is 6.48. The van der Waals surface area contributed by atoms with Gasteiger partial charge in [-0.25, -0.2) is 0 Å². The van der Waals surface area contributed by atoms with Crippen LogP contribution in [0.25, 0.3) is 0 Å². The van der Waals surface area contributed by atoms with Crippen LogP contribution in [0.15, 0.2) is 0 Å². The standard InChI is InChI=1S/C14H26O2/c1-6-10-8-7-9(2)12(14(3,4)5)11(10)13(15)16/h9-12H,6-8H2,1-5H3,(H,15,16). The van der Waals surface area contributed by atoms with Crippen molar-refractivity contribution in [2.75, 3.05) is 0 Å². The lowest BCUT2D eigenvalue weighted by atomic mass is 9.58. The Morgan fingerprint density at radius 2 is 1.88 bits per heavy atom. The average molecular weight is 226 g/mol. The molecule has 0 aromatic carbocycles. The first kappa shape index (κ1) is 13.5. The zero-order valence-electron chi connectivity index (χ0n) is 11.3. The molecule has 4 atom stereocenters. The van der Waals surface area contributed by atoms with Crippen LogP contribution in [-0.4, -0.2) is 11.1 Å². The Bertz CT molecular complexity index is 252. The molecule has 0 aliphatic heterocycles. The first-order valence-corrected chi connectivity index (χ1v) is 6.51. The molecule has 0 aromatic heterocycles. The van der Waals surface area contributed by atoms with E-state index in [-0.39, 0.29) is 11.3 Å². The number of hydrogen-bond acceptors (Lipinski definition) is 1.